The number of ether oxygens (including phenoxy) is 2. The quantitative estimate of drug-likeness (QED) is 0.154. The topological polar surface area (TPSA) is 159 Å². The highest BCUT2D eigenvalue weighted by Crippen LogP contribution is 2.42. The van der Waals surface area contributed by atoms with E-state index in [9.17, 15) is 14.4 Å². The first-order valence-corrected chi connectivity index (χ1v) is 15.3. The number of carbonyl (C=O) groups is 3. The van der Waals surface area contributed by atoms with Gasteiger partial charge in [0.25, 0.3) is 11.7 Å². The molecule has 0 aliphatic heterocycles. The van der Waals surface area contributed by atoms with E-state index in [2.05, 4.69) is 15.7 Å². The number of hydroxylamine groups is 1. The second kappa shape index (κ2) is 13.0. The normalized spacial score (nSPS) is 18.6. The summed E-state index contributed by atoms with van der Waals surface area (Å²) in [6.45, 7) is 15.3. The lowest BCUT2D eigenvalue weighted by atomic mass is 9.91. The maximum atomic E-state index is 13.4. The van der Waals surface area contributed by atoms with Crippen LogP contribution in [-0.4, -0.2) is 62.9 Å². The first kappa shape index (κ1) is 33.7. The van der Waals surface area contributed by atoms with Gasteiger partial charge in [-0.05, 0) is 97.9 Å². The van der Waals surface area contributed by atoms with Crippen LogP contribution in [0, 0.1) is 6.92 Å². The maximum absolute atomic E-state index is 13.4. The molecule has 1 unspecified atom stereocenters. The molecule has 0 saturated heterocycles. The summed E-state index contributed by atoms with van der Waals surface area (Å²) in [4.78, 5) is 49.5. The number of carbonyl (C=O) groups excluding carboxylic acids is 3. The van der Waals surface area contributed by atoms with Crippen molar-refractivity contribution in [2.75, 3.05) is 11.9 Å². The van der Waals surface area contributed by atoms with E-state index in [1.54, 1.807) is 24.3 Å². The van der Waals surface area contributed by atoms with Gasteiger partial charge >= 0.3 is 12.5 Å². The van der Waals surface area contributed by atoms with Crippen LogP contribution in [0.5, 0.6) is 5.75 Å². The molecule has 1 aromatic carbocycles. The number of alkyl carbamates (subject to hydrolysis) is 1. The van der Waals surface area contributed by atoms with Crippen LogP contribution in [0.15, 0.2) is 30.5 Å². The van der Waals surface area contributed by atoms with Gasteiger partial charge in [0.05, 0.1) is 18.4 Å². The number of anilines is 1. The van der Waals surface area contributed by atoms with Crippen molar-refractivity contribution in [3.63, 3.8) is 0 Å². The van der Waals surface area contributed by atoms with Crippen molar-refractivity contribution < 1.29 is 28.7 Å². The summed E-state index contributed by atoms with van der Waals surface area (Å²) < 4.78 is 11.8. The van der Waals surface area contributed by atoms with Gasteiger partial charge in [-0.2, -0.15) is 14.5 Å². The number of rotatable bonds is 10. The average Bonchev–Trinajstić information content (AvgIpc) is 3.36. The summed E-state index contributed by atoms with van der Waals surface area (Å²) in [5.41, 5.74) is 5.75. The Kier molecular flexibility index (Phi) is 9.74. The summed E-state index contributed by atoms with van der Waals surface area (Å²) in [7, 11) is 0. The molecule has 1 aliphatic carbocycles. The molecule has 1 saturated carbocycles. The van der Waals surface area contributed by atoms with Gasteiger partial charge in [-0.15, -0.1) is 0 Å². The van der Waals surface area contributed by atoms with Crippen molar-refractivity contribution >= 4 is 41.4 Å². The smallest absolute Gasteiger partial charge is 0.407 e. The Morgan fingerprint density at radius 3 is 2.20 bits per heavy atom. The second-order valence-corrected chi connectivity index (χ2v) is 13.3. The van der Waals surface area contributed by atoms with Gasteiger partial charge in [0, 0.05) is 24.2 Å². The standard InChI is InChI=1S/C32H45N7O6/c1-9-43-24-16-14-23(15-17-24)39(19-40,45-32(6,7)8)29-20(2)27(37-28-25(26(33)41)18-34-38(28)29)35-21-10-12-22(13-11-21)36-30(42)44-31(3,4)5/h14-19,21-22H,9-13H2,1-8H3,(H3-,33,34,35,36,37,41,42)/p+1. The van der Waals surface area contributed by atoms with E-state index in [4.69, 9.17) is 25.0 Å². The van der Waals surface area contributed by atoms with E-state index < -0.39 is 27.8 Å². The van der Waals surface area contributed by atoms with Gasteiger partial charge in [0.15, 0.2) is 11.3 Å². The number of primary amides is 1. The molecule has 13 nitrogen and oxygen atoms in total. The molecular formula is C32H46N7O6+. The average molecular weight is 625 g/mol. The third kappa shape index (κ3) is 7.71. The Morgan fingerprint density at radius 1 is 1.04 bits per heavy atom. The number of nitrogens with two attached hydrogens (primary N) is 1. The molecule has 2 aromatic heterocycles. The molecule has 4 N–H and O–H groups in total. The number of benzene rings is 1. The minimum Gasteiger partial charge on any atom is -0.494 e. The van der Waals surface area contributed by atoms with Gasteiger partial charge in [0.2, 0.25) is 0 Å². The lowest BCUT2D eigenvalue weighted by Gasteiger charge is -2.35. The van der Waals surface area contributed by atoms with Crippen molar-refractivity contribution in [2.45, 2.75) is 104 Å². The van der Waals surface area contributed by atoms with E-state index in [1.807, 2.05) is 55.4 Å². The van der Waals surface area contributed by atoms with E-state index in [-0.39, 0.29) is 23.3 Å². The first-order chi connectivity index (χ1) is 21.1. The van der Waals surface area contributed by atoms with Crippen molar-refractivity contribution in [1.29, 1.82) is 0 Å². The molecule has 3 aromatic rings. The van der Waals surface area contributed by atoms with Gasteiger partial charge < -0.3 is 25.8 Å². The SMILES string of the molecule is CCOc1ccc([N+](C=O)(OC(C)(C)C)c2c(C)c(NC3CCC(NC(=O)OC(C)(C)C)CC3)nc3c(C(N)=O)cnn23)cc1. The maximum Gasteiger partial charge on any atom is 0.407 e. The molecule has 2 heterocycles. The summed E-state index contributed by atoms with van der Waals surface area (Å²) in [5, 5.41) is 11.0. The fourth-order valence-corrected chi connectivity index (χ4v) is 5.53. The highest BCUT2D eigenvalue weighted by molar-refractivity contribution is 5.99. The minimum absolute atomic E-state index is 0.00952. The predicted molar refractivity (Wildman–Crippen MR) is 171 cm³/mol. The van der Waals surface area contributed by atoms with E-state index in [0.29, 0.717) is 41.7 Å². The third-order valence-corrected chi connectivity index (χ3v) is 7.32. The largest absolute Gasteiger partial charge is 0.494 e. The zero-order valence-electron chi connectivity index (χ0n) is 27.5. The highest BCUT2D eigenvalue weighted by Gasteiger charge is 2.46. The number of nitrogens with zero attached hydrogens (tertiary/aromatic N) is 4. The number of amides is 3. The second-order valence-electron chi connectivity index (χ2n) is 13.3. The first-order valence-electron chi connectivity index (χ1n) is 15.3. The lowest BCUT2D eigenvalue weighted by Crippen LogP contribution is -2.50. The highest BCUT2D eigenvalue weighted by atomic mass is 16.7. The molecule has 0 bridgehead atoms. The fraction of sp³-hybridized carbons (Fsp3) is 0.531. The van der Waals surface area contributed by atoms with Crippen molar-refractivity contribution in [3.05, 3.63) is 41.6 Å². The Hall–Kier alpha value is -4.23. The summed E-state index contributed by atoms with van der Waals surface area (Å²) >= 11 is 0. The Balaban J connectivity index is 1.77. The minimum atomic E-state index is -0.797. The molecule has 0 spiro atoms. The molecular weight excluding hydrogens is 578 g/mol. The number of nitrogens with one attached hydrogen (secondary N) is 2. The van der Waals surface area contributed by atoms with Crippen molar-refractivity contribution in [3.8, 4) is 5.75 Å². The van der Waals surface area contributed by atoms with Gasteiger partial charge in [-0.3, -0.25) is 4.79 Å². The predicted octanol–water partition coefficient (Wildman–Crippen LogP) is 5.31. The van der Waals surface area contributed by atoms with Crippen LogP contribution in [0.1, 0.15) is 90.1 Å². The van der Waals surface area contributed by atoms with Gasteiger partial charge in [0.1, 0.15) is 28.3 Å². The van der Waals surface area contributed by atoms with Crippen molar-refractivity contribution in [1.82, 2.24) is 24.6 Å². The molecule has 45 heavy (non-hydrogen) atoms. The van der Waals surface area contributed by atoms with Crippen LogP contribution in [0.4, 0.5) is 22.1 Å². The number of hydrogen-bond acceptors (Lipinski definition) is 9. The Morgan fingerprint density at radius 2 is 1.67 bits per heavy atom. The number of hydrogen-bond donors (Lipinski definition) is 3. The van der Waals surface area contributed by atoms with Crippen molar-refractivity contribution in [2.24, 2.45) is 5.73 Å². The van der Waals surface area contributed by atoms with E-state index in [1.165, 1.54) is 10.7 Å². The lowest BCUT2D eigenvalue weighted by molar-refractivity contribution is -0.187. The zero-order chi connectivity index (χ0) is 33.2. The number of aromatic nitrogens is 3. The molecule has 13 heteroatoms. The molecule has 4 rings (SSSR count). The van der Waals surface area contributed by atoms with Gasteiger partial charge in [-0.1, -0.05) is 0 Å². The van der Waals surface area contributed by atoms with Crippen LogP contribution >= 0.6 is 0 Å². The van der Waals surface area contributed by atoms with Crippen LogP contribution in [-0.2, 0) is 14.4 Å². The molecule has 1 atom stereocenters. The zero-order valence-corrected chi connectivity index (χ0v) is 27.5. The number of fused-ring (bicyclic) bond motifs is 1. The van der Waals surface area contributed by atoms with Crippen LogP contribution in [0.25, 0.3) is 5.65 Å². The van der Waals surface area contributed by atoms with Gasteiger partial charge in [-0.25, -0.2) is 14.6 Å². The van der Waals surface area contributed by atoms with Crippen LogP contribution < -0.4 is 25.8 Å². The van der Waals surface area contributed by atoms with Crippen LogP contribution in [0.3, 0.4) is 0 Å². The molecule has 1 fully saturated rings. The third-order valence-electron chi connectivity index (χ3n) is 7.32. The summed E-state index contributed by atoms with van der Waals surface area (Å²) in [5.74, 6) is 0.752. The number of quaternary nitrogens is 1. The summed E-state index contributed by atoms with van der Waals surface area (Å²) in [6, 6.07) is 7.07. The molecule has 0 radical (unpaired) electrons. The van der Waals surface area contributed by atoms with Crippen LogP contribution in [0.2, 0.25) is 0 Å². The Labute approximate surface area is 263 Å². The monoisotopic (exact) mass is 624 g/mol. The molecule has 244 valence electrons. The molecule has 3 amide bonds. The molecule has 1 aliphatic rings. The van der Waals surface area contributed by atoms with E-state index in [0.717, 1.165) is 25.7 Å². The fourth-order valence-electron chi connectivity index (χ4n) is 5.53. The Bertz CT molecular complexity index is 1530. The summed E-state index contributed by atoms with van der Waals surface area (Å²) in [6.07, 6.45) is 4.58. The van der Waals surface area contributed by atoms with E-state index >= 15 is 0 Å².